The van der Waals surface area contributed by atoms with Crippen LogP contribution in [0.2, 0.25) is 0 Å². The van der Waals surface area contributed by atoms with E-state index in [1.165, 1.54) is 6.07 Å². The number of unbranched alkanes of at least 4 members (excludes halogenated alkanes) is 4. The lowest BCUT2D eigenvalue weighted by Gasteiger charge is -2.14. The summed E-state index contributed by atoms with van der Waals surface area (Å²) < 4.78 is 28.2. The number of rotatable bonds is 18. The van der Waals surface area contributed by atoms with E-state index in [-0.39, 0.29) is 18.1 Å². The zero-order valence-electron chi connectivity index (χ0n) is 20.4. The van der Waals surface area contributed by atoms with Crippen molar-refractivity contribution < 1.29 is 28.5 Å². The van der Waals surface area contributed by atoms with Crippen LogP contribution < -0.4 is 10.5 Å². The number of sulfonamides is 1. The van der Waals surface area contributed by atoms with Gasteiger partial charge >= 0.3 is 0 Å². The molecule has 35 heavy (non-hydrogen) atoms. The Bertz CT molecular complexity index is 984. The summed E-state index contributed by atoms with van der Waals surface area (Å²) in [4.78, 5) is 0. The summed E-state index contributed by atoms with van der Waals surface area (Å²) in [6.07, 6.45) is 6.39. The summed E-state index contributed by atoms with van der Waals surface area (Å²) in [5, 5.41) is 37.4. The highest BCUT2D eigenvalue weighted by atomic mass is 32.2. The molecule has 0 bridgehead atoms. The Morgan fingerprint density at radius 3 is 2.40 bits per heavy atom. The van der Waals surface area contributed by atoms with Gasteiger partial charge in [0.05, 0.1) is 18.5 Å². The van der Waals surface area contributed by atoms with Crippen molar-refractivity contribution >= 4 is 10.0 Å². The molecule has 2 aromatic carbocycles. The van der Waals surface area contributed by atoms with Gasteiger partial charge in [0.1, 0.15) is 5.75 Å². The van der Waals surface area contributed by atoms with Gasteiger partial charge in [-0.05, 0) is 67.5 Å². The van der Waals surface area contributed by atoms with Crippen molar-refractivity contribution in [1.29, 1.82) is 0 Å². The number of aromatic hydroxyl groups is 1. The first-order chi connectivity index (χ1) is 16.8. The van der Waals surface area contributed by atoms with Gasteiger partial charge < -0.3 is 25.4 Å². The molecular formula is C26H40N2O6S. The molecule has 0 aliphatic heterocycles. The first kappa shape index (κ1) is 29.2. The molecule has 0 aromatic heterocycles. The molecule has 0 radical (unpaired) electrons. The largest absolute Gasteiger partial charge is 0.508 e. The fraction of sp³-hybridized carbons (Fsp3) is 0.538. The lowest BCUT2D eigenvalue weighted by Crippen LogP contribution is -2.22. The molecule has 1 atom stereocenters. The third kappa shape index (κ3) is 12.5. The Kier molecular flexibility index (Phi) is 13.3. The summed E-state index contributed by atoms with van der Waals surface area (Å²) >= 11 is 0. The Morgan fingerprint density at radius 2 is 1.66 bits per heavy atom. The third-order valence-corrected chi connectivity index (χ3v) is 6.49. The van der Waals surface area contributed by atoms with Gasteiger partial charge in [-0.3, -0.25) is 0 Å². The molecular weight excluding hydrogens is 468 g/mol. The average molecular weight is 509 g/mol. The zero-order chi connectivity index (χ0) is 25.5. The third-order valence-electron chi connectivity index (χ3n) is 5.75. The van der Waals surface area contributed by atoms with Crippen LogP contribution in [0.1, 0.15) is 66.9 Å². The first-order valence-corrected chi connectivity index (χ1v) is 14.0. The summed E-state index contributed by atoms with van der Waals surface area (Å²) in [5.41, 5.74) is 2.93. The van der Waals surface area contributed by atoms with Gasteiger partial charge in [-0.15, -0.1) is 0 Å². The quantitative estimate of drug-likeness (QED) is 0.195. The van der Waals surface area contributed by atoms with Crippen LogP contribution in [-0.4, -0.2) is 50.0 Å². The standard InChI is InChI=1S/C26H40N2O6S/c27-35(32,33)20-22-10-7-9-21(16-22)8-3-6-15-34-14-5-2-1-4-13-28-18-26(31)23-11-12-25(30)24(17-23)19-29/h7,9-12,16-17,26,28-31H,1-6,8,13-15,18-20H2,(H2,27,32,33)/t26-/m1/s1. The number of nitrogens with two attached hydrogens (primary N) is 1. The summed E-state index contributed by atoms with van der Waals surface area (Å²) in [6, 6.07) is 12.3. The molecule has 0 saturated carbocycles. The van der Waals surface area contributed by atoms with E-state index in [1.807, 2.05) is 18.2 Å². The van der Waals surface area contributed by atoms with Gasteiger partial charge in [0.15, 0.2) is 0 Å². The highest BCUT2D eigenvalue weighted by Crippen LogP contribution is 2.22. The van der Waals surface area contributed by atoms with E-state index in [2.05, 4.69) is 5.32 Å². The fourth-order valence-corrected chi connectivity index (χ4v) is 4.49. The number of ether oxygens (including phenoxy) is 1. The number of hydrogen-bond acceptors (Lipinski definition) is 7. The maximum absolute atomic E-state index is 11.2. The van der Waals surface area contributed by atoms with Crippen LogP contribution in [0.15, 0.2) is 42.5 Å². The van der Waals surface area contributed by atoms with Gasteiger partial charge in [-0.1, -0.05) is 43.2 Å². The van der Waals surface area contributed by atoms with Crippen molar-refractivity contribution in [2.24, 2.45) is 5.14 Å². The molecule has 2 aromatic rings. The molecule has 9 heteroatoms. The molecule has 6 N–H and O–H groups in total. The van der Waals surface area contributed by atoms with Gasteiger partial charge in [0.2, 0.25) is 10.0 Å². The van der Waals surface area contributed by atoms with Crippen LogP contribution in [0.4, 0.5) is 0 Å². The van der Waals surface area contributed by atoms with Gasteiger partial charge in [-0.2, -0.15) is 0 Å². The van der Waals surface area contributed by atoms with E-state index < -0.39 is 16.1 Å². The lowest BCUT2D eigenvalue weighted by molar-refractivity contribution is 0.126. The minimum absolute atomic E-state index is 0.0333. The number of benzene rings is 2. The Balaban J connectivity index is 1.43. The van der Waals surface area contributed by atoms with Crippen LogP contribution in [0.5, 0.6) is 5.75 Å². The number of aryl methyl sites for hydroxylation is 1. The van der Waals surface area contributed by atoms with Crippen molar-refractivity contribution in [2.45, 2.75) is 63.4 Å². The fourth-order valence-electron chi connectivity index (χ4n) is 3.85. The molecule has 0 heterocycles. The van der Waals surface area contributed by atoms with Crippen LogP contribution in [-0.2, 0) is 33.5 Å². The minimum atomic E-state index is -3.51. The van der Waals surface area contributed by atoms with E-state index in [0.717, 1.165) is 75.8 Å². The Morgan fingerprint density at radius 1 is 0.943 bits per heavy atom. The number of primary sulfonamides is 1. The number of aliphatic hydroxyl groups is 2. The van der Waals surface area contributed by atoms with Crippen molar-refractivity contribution in [3.8, 4) is 5.75 Å². The van der Waals surface area contributed by atoms with Crippen LogP contribution in [0.25, 0.3) is 0 Å². The molecule has 0 spiro atoms. The van der Waals surface area contributed by atoms with Crippen molar-refractivity contribution in [3.63, 3.8) is 0 Å². The predicted molar refractivity (Wildman–Crippen MR) is 137 cm³/mol. The topological polar surface area (TPSA) is 142 Å². The molecule has 0 aliphatic rings. The van der Waals surface area contributed by atoms with Crippen molar-refractivity contribution in [2.75, 3.05) is 26.3 Å². The van der Waals surface area contributed by atoms with E-state index >= 15 is 0 Å². The number of phenols is 1. The zero-order valence-corrected chi connectivity index (χ0v) is 21.2. The Labute approximate surface area is 209 Å². The normalized spacial score (nSPS) is 12.7. The van der Waals surface area contributed by atoms with Gasteiger partial charge in [-0.25, -0.2) is 13.6 Å². The molecule has 0 fully saturated rings. The molecule has 0 saturated heterocycles. The maximum atomic E-state index is 11.2. The van der Waals surface area contributed by atoms with E-state index in [1.54, 1.807) is 18.2 Å². The average Bonchev–Trinajstić information content (AvgIpc) is 2.81. The maximum Gasteiger partial charge on any atom is 0.213 e. The molecule has 2 rings (SSSR count). The van der Waals surface area contributed by atoms with E-state index in [9.17, 15) is 23.7 Å². The molecule has 0 amide bonds. The van der Waals surface area contributed by atoms with Crippen molar-refractivity contribution in [3.05, 3.63) is 64.7 Å². The Hall–Kier alpha value is -2.01. The highest BCUT2D eigenvalue weighted by Gasteiger charge is 2.10. The summed E-state index contributed by atoms with van der Waals surface area (Å²) in [5.74, 6) is -0.0977. The molecule has 196 valence electrons. The number of hydrogen-bond donors (Lipinski definition) is 5. The van der Waals surface area contributed by atoms with Crippen LogP contribution in [0, 0.1) is 0 Å². The second-order valence-corrected chi connectivity index (χ2v) is 10.5. The molecule has 0 unspecified atom stereocenters. The monoisotopic (exact) mass is 508 g/mol. The molecule has 8 nitrogen and oxygen atoms in total. The summed E-state index contributed by atoms with van der Waals surface area (Å²) in [6.45, 7) is 2.47. The highest BCUT2D eigenvalue weighted by molar-refractivity contribution is 7.88. The molecule has 0 aliphatic carbocycles. The second kappa shape index (κ2) is 15.9. The second-order valence-electron chi connectivity index (χ2n) is 8.88. The van der Waals surface area contributed by atoms with Gasteiger partial charge in [0, 0.05) is 25.3 Å². The number of nitrogens with one attached hydrogen (secondary N) is 1. The van der Waals surface area contributed by atoms with E-state index in [0.29, 0.717) is 17.7 Å². The van der Waals surface area contributed by atoms with Crippen molar-refractivity contribution in [1.82, 2.24) is 5.32 Å². The number of aliphatic hydroxyl groups excluding tert-OH is 2. The minimum Gasteiger partial charge on any atom is -0.508 e. The predicted octanol–water partition coefficient (Wildman–Crippen LogP) is 2.90. The van der Waals surface area contributed by atoms with Crippen LogP contribution >= 0.6 is 0 Å². The van der Waals surface area contributed by atoms with Crippen LogP contribution in [0.3, 0.4) is 0 Å². The smallest absolute Gasteiger partial charge is 0.213 e. The lowest BCUT2D eigenvalue weighted by atomic mass is 10.1. The first-order valence-electron chi connectivity index (χ1n) is 12.3. The van der Waals surface area contributed by atoms with Gasteiger partial charge in [0.25, 0.3) is 0 Å². The SMILES string of the molecule is NS(=O)(=O)Cc1cccc(CCCCOCCCCCCNC[C@@H](O)c2ccc(O)c(CO)c2)c1. The summed E-state index contributed by atoms with van der Waals surface area (Å²) in [7, 11) is -3.51. The van der Waals surface area contributed by atoms with E-state index in [4.69, 9.17) is 9.88 Å².